The van der Waals surface area contributed by atoms with Gasteiger partial charge in [0.1, 0.15) is 6.04 Å². The van der Waals surface area contributed by atoms with E-state index in [-0.39, 0.29) is 5.69 Å². The van der Waals surface area contributed by atoms with Gasteiger partial charge in [-0.3, -0.25) is 9.59 Å². The number of hydrogen-bond donors (Lipinski definition) is 2. The van der Waals surface area contributed by atoms with Crippen LogP contribution in [0.1, 0.15) is 28.5 Å². The number of aliphatic carboxylic acids is 1. The Bertz CT molecular complexity index is 767. The van der Waals surface area contributed by atoms with Gasteiger partial charge in [-0.15, -0.1) is 0 Å². The fourth-order valence-electron chi connectivity index (χ4n) is 2.01. The zero-order valence-corrected chi connectivity index (χ0v) is 12.8. The predicted octanol–water partition coefficient (Wildman–Crippen LogP) is 2.40. The number of nitrogens with one attached hydrogen (secondary N) is 1. The van der Waals surface area contributed by atoms with Crippen LogP contribution >= 0.6 is 0 Å². The maximum absolute atomic E-state index is 13.4. The molecule has 24 heavy (non-hydrogen) atoms. The Labute approximate surface area is 134 Å². The Morgan fingerprint density at radius 3 is 2.33 bits per heavy atom. The maximum atomic E-state index is 13.4. The SMILES string of the molecule is Cc1ccc(-n2ncc(C(=O)NC(C)C(=O)O)c2C(F)(F)F)cc1. The van der Waals surface area contributed by atoms with Gasteiger partial charge in [-0.2, -0.15) is 18.3 Å². The first-order valence-corrected chi connectivity index (χ1v) is 6.87. The summed E-state index contributed by atoms with van der Waals surface area (Å²) in [5.74, 6) is -2.52. The molecule has 2 rings (SSSR count). The zero-order chi connectivity index (χ0) is 18.1. The summed E-state index contributed by atoms with van der Waals surface area (Å²) in [6, 6.07) is 4.78. The maximum Gasteiger partial charge on any atom is 0.434 e. The van der Waals surface area contributed by atoms with Crippen molar-refractivity contribution in [2.75, 3.05) is 0 Å². The van der Waals surface area contributed by atoms with Crippen LogP contribution < -0.4 is 5.32 Å². The molecule has 6 nitrogen and oxygen atoms in total. The van der Waals surface area contributed by atoms with E-state index in [4.69, 9.17) is 5.11 Å². The third-order valence-corrected chi connectivity index (χ3v) is 3.28. The van der Waals surface area contributed by atoms with Crippen LogP contribution in [0.5, 0.6) is 0 Å². The molecule has 0 radical (unpaired) electrons. The van der Waals surface area contributed by atoms with Crippen molar-refractivity contribution in [1.82, 2.24) is 15.1 Å². The van der Waals surface area contributed by atoms with Crippen LogP contribution in [0.2, 0.25) is 0 Å². The summed E-state index contributed by atoms with van der Waals surface area (Å²) in [5, 5.41) is 14.4. The first kappa shape index (κ1) is 17.5. The lowest BCUT2D eigenvalue weighted by molar-refractivity contribution is -0.143. The lowest BCUT2D eigenvalue weighted by Gasteiger charge is -2.14. The lowest BCUT2D eigenvalue weighted by Crippen LogP contribution is -2.39. The minimum absolute atomic E-state index is 0.137. The van der Waals surface area contributed by atoms with E-state index in [0.717, 1.165) is 18.7 Å². The number of halogens is 3. The molecule has 0 fully saturated rings. The second kappa shape index (κ2) is 6.34. The molecule has 2 aromatic rings. The molecule has 1 unspecified atom stereocenters. The van der Waals surface area contributed by atoms with Crippen molar-refractivity contribution in [3.05, 3.63) is 47.3 Å². The molecule has 1 aromatic heterocycles. The second-order valence-corrected chi connectivity index (χ2v) is 5.19. The number of aromatic nitrogens is 2. The number of carboxylic acid groups (broad SMARTS) is 1. The van der Waals surface area contributed by atoms with Crippen molar-refractivity contribution in [1.29, 1.82) is 0 Å². The first-order chi connectivity index (χ1) is 11.1. The molecule has 128 valence electrons. The number of aryl methyl sites for hydroxylation is 1. The van der Waals surface area contributed by atoms with E-state index in [1.165, 1.54) is 12.1 Å². The molecule has 2 N–H and O–H groups in total. The topological polar surface area (TPSA) is 84.2 Å². The lowest BCUT2D eigenvalue weighted by atomic mass is 10.2. The molecule has 0 saturated heterocycles. The van der Waals surface area contributed by atoms with Crippen molar-refractivity contribution in [2.24, 2.45) is 0 Å². The average molecular weight is 341 g/mol. The number of nitrogens with zero attached hydrogens (tertiary/aromatic N) is 2. The summed E-state index contributed by atoms with van der Waals surface area (Å²) in [7, 11) is 0. The fraction of sp³-hybridized carbons (Fsp3) is 0.267. The van der Waals surface area contributed by atoms with Crippen LogP contribution in [0.3, 0.4) is 0 Å². The van der Waals surface area contributed by atoms with Crippen LogP contribution in [0.15, 0.2) is 30.5 Å². The van der Waals surface area contributed by atoms with Crippen molar-refractivity contribution < 1.29 is 27.9 Å². The van der Waals surface area contributed by atoms with Crippen molar-refractivity contribution in [2.45, 2.75) is 26.1 Å². The van der Waals surface area contributed by atoms with Gasteiger partial charge in [-0.25, -0.2) is 4.68 Å². The van der Waals surface area contributed by atoms with Crippen molar-refractivity contribution >= 4 is 11.9 Å². The number of amides is 1. The normalized spacial score (nSPS) is 12.7. The monoisotopic (exact) mass is 341 g/mol. The Morgan fingerprint density at radius 1 is 1.25 bits per heavy atom. The van der Waals surface area contributed by atoms with E-state index in [2.05, 4.69) is 5.10 Å². The van der Waals surface area contributed by atoms with Crippen molar-refractivity contribution in [3.63, 3.8) is 0 Å². The third-order valence-electron chi connectivity index (χ3n) is 3.28. The van der Waals surface area contributed by atoms with Gasteiger partial charge in [-0.1, -0.05) is 17.7 Å². The Morgan fingerprint density at radius 2 is 1.83 bits per heavy atom. The number of carbonyl (C=O) groups is 2. The molecular weight excluding hydrogens is 327 g/mol. The smallest absolute Gasteiger partial charge is 0.434 e. The summed E-state index contributed by atoms with van der Waals surface area (Å²) in [5.41, 5.74) is -1.01. The van der Waals surface area contributed by atoms with Crippen LogP contribution in [0.25, 0.3) is 5.69 Å². The van der Waals surface area contributed by atoms with Gasteiger partial charge in [0.25, 0.3) is 5.91 Å². The molecule has 0 saturated carbocycles. The summed E-state index contributed by atoms with van der Waals surface area (Å²) in [4.78, 5) is 22.7. The number of hydrogen-bond acceptors (Lipinski definition) is 3. The van der Waals surface area contributed by atoms with E-state index in [1.807, 2.05) is 5.32 Å². The quantitative estimate of drug-likeness (QED) is 0.894. The van der Waals surface area contributed by atoms with Crippen molar-refractivity contribution in [3.8, 4) is 5.69 Å². The fourth-order valence-corrected chi connectivity index (χ4v) is 2.01. The molecule has 1 amide bonds. The van der Waals surface area contributed by atoms with Crippen LogP contribution in [-0.2, 0) is 11.0 Å². The molecule has 9 heteroatoms. The van der Waals surface area contributed by atoms with Gasteiger partial charge < -0.3 is 10.4 Å². The van der Waals surface area contributed by atoms with Crippen LogP contribution in [-0.4, -0.2) is 32.8 Å². The molecule has 0 bridgehead atoms. The highest BCUT2D eigenvalue weighted by Crippen LogP contribution is 2.33. The molecule has 0 aliphatic heterocycles. The van der Waals surface area contributed by atoms with E-state index in [0.29, 0.717) is 4.68 Å². The van der Waals surface area contributed by atoms with Gasteiger partial charge in [0.05, 0.1) is 17.4 Å². The second-order valence-electron chi connectivity index (χ2n) is 5.19. The summed E-state index contributed by atoms with van der Waals surface area (Å²) in [6.07, 6.45) is -4.08. The molecular formula is C15H14F3N3O3. The molecule has 1 aromatic carbocycles. The average Bonchev–Trinajstić information content (AvgIpc) is 2.93. The van der Waals surface area contributed by atoms with Gasteiger partial charge in [0, 0.05) is 0 Å². The van der Waals surface area contributed by atoms with Gasteiger partial charge in [-0.05, 0) is 26.0 Å². The predicted molar refractivity (Wildman–Crippen MR) is 77.9 cm³/mol. The number of carboxylic acids is 1. The molecule has 0 aliphatic carbocycles. The van der Waals surface area contributed by atoms with Gasteiger partial charge in [0.15, 0.2) is 5.69 Å². The van der Waals surface area contributed by atoms with E-state index in [1.54, 1.807) is 19.1 Å². The van der Waals surface area contributed by atoms with Gasteiger partial charge in [0.2, 0.25) is 0 Å². The summed E-state index contributed by atoms with van der Waals surface area (Å²) in [6.45, 7) is 2.93. The molecule has 1 atom stereocenters. The van der Waals surface area contributed by atoms with Gasteiger partial charge >= 0.3 is 12.1 Å². The van der Waals surface area contributed by atoms with Crippen LogP contribution in [0, 0.1) is 6.92 Å². The zero-order valence-electron chi connectivity index (χ0n) is 12.8. The minimum Gasteiger partial charge on any atom is -0.480 e. The molecule has 1 heterocycles. The van der Waals surface area contributed by atoms with E-state index < -0.39 is 35.4 Å². The first-order valence-electron chi connectivity index (χ1n) is 6.87. The molecule has 0 aliphatic rings. The highest BCUT2D eigenvalue weighted by molar-refractivity contribution is 5.97. The Hall–Kier alpha value is -2.84. The summed E-state index contributed by atoms with van der Waals surface area (Å²) >= 11 is 0. The number of benzene rings is 1. The minimum atomic E-state index is -4.85. The number of carbonyl (C=O) groups excluding carboxylic acids is 1. The highest BCUT2D eigenvalue weighted by atomic mass is 19.4. The standard InChI is InChI=1S/C15H14F3N3O3/c1-8-3-5-10(6-4-8)21-12(15(16,17)18)11(7-19-21)13(22)20-9(2)14(23)24/h3-7,9H,1-2H3,(H,20,22)(H,23,24). The number of rotatable bonds is 4. The largest absolute Gasteiger partial charge is 0.480 e. The van der Waals surface area contributed by atoms with Crippen LogP contribution in [0.4, 0.5) is 13.2 Å². The number of alkyl halides is 3. The summed E-state index contributed by atoms with van der Waals surface area (Å²) < 4.78 is 40.8. The third kappa shape index (κ3) is 3.55. The van der Waals surface area contributed by atoms with E-state index in [9.17, 15) is 22.8 Å². The molecule has 0 spiro atoms. The Balaban J connectivity index is 2.49. The highest BCUT2D eigenvalue weighted by Gasteiger charge is 2.40. The van der Waals surface area contributed by atoms with E-state index >= 15 is 0 Å². The Kier molecular flexibility index (Phi) is 4.63.